The molecule has 7 heteroatoms. The molecule has 4 rings (SSSR count). The number of thiazole rings is 1. The van der Waals surface area contributed by atoms with Gasteiger partial charge in [-0.1, -0.05) is 29.3 Å². The molecular formula is C17H17Cl2N3OS. The van der Waals surface area contributed by atoms with Crippen LogP contribution in [-0.2, 0) is 0 Å². The second kappa shape index (κ2) is 5.99. The van der Waals surface area contributed by atoms with Crippen LogP contribution in [0.4, 0.5) is 0 Å². The van der Waals surface area contributed by atoms with Crippen LogP contribution in [0.25, 0.3) is 10.4 Å². The van der Waals surface area contributed by atoms with E-state index >= 15 is 0 Å². The number of halogens is 2. The van der Waals surface area contributed by atoms with Gasteiger partial charge < -0.3 is 10.6 Å². The molecule has 0 radical (unpaired) electrons. The zero-order valence-corrected chi connectivity index (χ0v) is 15.5. The minimum atomic E-state index is -0.0249. The fraction of sp³-hybridized carbons (Fsp3) is 0.412. The van der Waals surface area contributed by atoms with Gasteiger partial charge in [0.15, 0.2) is 0 Å². The van der Waals surface area contributed by atoms with Gasteiger partial charge in [-0.2, -0.15) is 0 Å². The van der Waals surface area contributed by atoms with Crippen molar-refractivity contribution in [3.8, 4) is 10.4 Å². The Labute approximate surface area is 154 Å². The Bertz CT molecular complexity index is 822. The number of fused-ring (bicyclic) bond motifs is 1. The third-order valence-corrected chi connectivity index (χ3v) is 6.68. The summed E-state index contributed by atoms with van der Waals surface area (Å²) < 4.78 is 0. The third-order valence-electron chi connectivity index (χ3n) is 4.92. The van der Waals surface area contributed by atoms with Gasteiger partial charge in [-0.05, 0) is 42.9 Å². The lowest BCUT2D eigenvalue weighted by atomic mass is 10.1. The van der Waals surface area contributed by atoms with Crippen molar-refractivity contribution in [2.24, 2.45) is 17.6 Å². The molecule has 2 aromatic rings. The molecule has 1 saturated heterocycles. The minimum absolute atomic E-state index is 0.0249. The monoisotopic (exact) mass is 381 g/mol. The van der Waals surface area contributed by atoms with Crippen molar-refractivity contribution in [3.63, 3.8) is 0 Å². The van der Waals surface area contributed by atoms with E-state index in [1.165, 1.54) is 17.8 Å². The number of likely N-dealkylation sites (tertiary alicyclic amines) is 1. The van der Waals surface area contributed by atoms with Gasteiger partial charge in [0.25, 0.3) is 5.91 Å². The average molecular weight is 382 g/mol. The van der Waals surface area contributed by atoms with Crippen LogP contribution in [0.3, 0.4) is 0 Å². The predicted molar refractivity (Wildman–Crippen MR) is 97.8 cm³/mol. The van der Waals surface area contributed by atoms with E-state index in [9.17, 15) is 4.79 Å². The van der Waals surface area contributed by atoms with Gasteiger partial charge in [-0.3, -0.25) is 4.79 Å². The molecule has 1 amide bonds. The smallest absolute Gasteiger partial charge is 0.274 e. The van der Waals surface area contributed by atoms with Crippen molar-refractivity contribution in [1.29, 1.82) is 0 Å². The summed E-state index contributed by atoms with van der Waals surface area (Å²) in [6, 6.07) is 5.55. The molecule has 0 spiro atoms. The maximum absolute atomic E-state index is 13.1. The Morgan fingerprint density at radius 2 is 2.21 bits per heavy atom. The molecule has 2 heterocycles. The fourth-order valence-corrected chi connectivity index (χ4v) is 4.85. The van der Waals surface area contributed by atoms with Gasteiger partial charge >= 0.3 is 0 Å². The molecule has 1 saturated carbocycles. The number of carbonyl (C=O) groups is 1. The van der Waals surface area contributed by atoms with Crippen molar-refractivity contribution in [3.05, 3.63) is 38.9 Å². The van der Waals surface area contributed by atoms with E-state index in [-0.39, 0.29) is 11.9 Å². The predicted octanol–water partition coefficient (Wildman–Crippen LogP) is 3.84. The number of nitrogens with two attached hydrogens (primary N) is 1. The molecule has 24 heavy (non-hydrogen) atoms. The highest BCUT2D eigenvalue weighted by atomic mass is 35.5. The Morgan fingerprint density at radius 1 is 1.42 bits per heavy atom. The van der Waals surface area contributed by atoms with E-state index in [1.807, 2.05) is 17.9 Å². The number of benzene rings is 1. The van der Waals surface area contributed by atoms with Crippen LogP contribution in [0.1, 0.15) is 21.9 Å². The second-order valence-corrected chi connectivity index (χ2v) is 8.48. The maximum atomic E-state index is 13.1. The molecule has 1 aromatic heterocycles. The largest absolute Gasteiger partial charge is 0.332 e. The number of carbonyl (C=O) groups excluding carboxylic acids is 1. The average Bonchev–Trinajstić information content (AvgIpc) is 3.06. The van der Waals surface area contributed by atoms with Gasteiger partial charge in [-0.15, -0.1) is 11.3 Å². The van der Waals surface area contributed by atoms with Crippen molar-refractivity contribution in [2.75, 3.05) is 13.1 Å². The summed E-state index contributed by atoms with van der Waals surface area (Å²) >= 11 is 13.6. The zero-order chi connectivity index (χ0) is 17.0. The van der Waals surface area contributed by atoms with Gasteiger partial charge in [0.2, 0.25) is 0 Å². The molecular weight excluding hydrogens is 365 g/mol. The molecule has 0 bridgehead atoms. The van der Waals surface area contributed by atoms with Gasteiger partial charge in [0.05, 0.1) is 19.9 Å². The van der Waals surface area contributed by atoms with Gasteiger partial charge in [0, 0.05) is 19.1 Å². The van der Waals surface area contributed by atoms with Crippen molar-refractivity contribution < 1.29 is 4.79 Å². The van der Waals surface area contributed by atoms with Gasteiger partial charge in [0.1, 0.15) is 5.69 Å². The second-order valence-electron chi connectivity index (χ2n) is 6.46. The van der Waals surface area contributed by atoms with E-state index in [4.69, 9.17) is 28.9 Å². The molecule has 2 fully saturated rings. The summed E-state index contributed by atoms with van der Waals surface area (Å²) in [7, 11) is 0. The first-order valence-electron chi connectivity index (χ1n) is 7.93. The molecule has 1 aromatic carbocycles. The lowest BCUT2D eigenvalue weighted by Crippen LogP contribution is -2.43. The van der Waals surface area contributed by atoms with Crippen molar-refractivity contribution >= 4 is 40.4 Å². The normalized spacial score (nSPS) is 25.0. The quantitative estimate of drug-likeness (QED) is 0.878. The van der Waals surface area contributed by atoms with E-state index in [2.05, 4.69) is 4.98 Å². The lowest BCUT2D eigenvalue weighted by molar-refractivity contribution is 0.0708. The Morgan fingerprint density at radius 3 is 2.92 bits per heavy atom. The highest BCUT2D eigenvalue weighted by molar-refractivity contribution is 7.15. The minimum Gasteiger partial charge on any atom is -0.332 e. The summed E-state index contributed by atoms with van der Waals surface area (Å²) in [6.45, 7) is 3.21. The van der Waals surface area contributed by atoms with Crippen LogP contribution < -0.4 is 5.73 Å². The van der Waals surface area contributed by atoms with Crippen LogP contribution in [0, 0.1) is 18.8 Å². The zero-order valence-electron chi connectivity index (χ0n) is 13.1. The molecule has 4 nitrogen and oxygen atoms in total. The first-order chi connectivity index (χ1) is 11.5. The molecule has 126 valence electrons. The fourth-order valence-electron chi connectivity index (χ4n) is 3.65. The van der Waals surface area contributed by atoms with Crippen LogP contribution in [0.15, 0.2) is 18.2 Å². The molecule has 1 aliphatic heterocycles. The van der Waals surface area contributed by atoms with Crippen LogP contribution in [0.2, 0.25) is 10.0 Å². The van der Waals surface area contributed by atoms with Crippen molar-refractivity contribution in [1.82, 2.24) is 9.88 Å². The lowest BCUT2D eigenvalue weighted by Gasteiger charge is -2.26. The summed E-state index contributed by atoms with van der Waals surface area (Å²) in [5.74, 6) is 1.17. The van der Waals surface area contributed by atoms with E-state index in [0.717, 1.165) is 22.0 Å². The summed E-state index contributed by atoms with van der Waals surface area (Å²) in [5, 5.41) is 1.83. The number of hydrogen-bond acceptors (Lipinski definition) is 4. The molecule has 1 aliphatic carbocycles. The molecule has 3 atom stereocenters. The Balaban J connectivity index is 1.71. The summed E-state index contributed by atoms with van der Waals surface area (Å²) in [6.07, 6.45) is 1.20. The van der Waals surface area contributed by atoms with E-state index < -0.39 is 0 Å². The van der Waals surface area contributed by atoms with E-state index in [0.29, 0.717) is 34.1 Å². The SMILES string of the molecule is Cc1nc(C(=O)N2C[C@@H]3C[C@@H]3[C@H]2CN)c(-c2ccc(Cl)c(Cl)c2)s1. The number of piperidine rings is 1. The molecule has 2 aliphatic rings. The van der Waals surface area contributed by atoms with Crippen molar-refractivity contribution in [2.45, 2.75) is 19.4 Å². The number of hydrogen-bond donors (Lipinski definition) is 1. The summed E-state index contributed by atoms with van der Waals surface area (Å²) in [5.41, 5.74) is 7.27. The summed E-state index contributed by atoms with van der Waals surface area (Å²) in [4.78, 5) is 20.4. The number of nitrogens with zero attached hydrogens (tertiary/aromatic N) is 2. The van der Waals surface area contributed by atoms with E-state index in [1.54, 1.807) is 12.1 Å². The number of aromatic nitrogens is 1. The molecule has 0 unspecified atom stereocenters. The van der Waals surface area contributed by atoms with Gasteiger partial charge in [-0.25, -0.2) is 4.98 Å². The highest BCUT2D eigenvalue weighted by Crippen LogP contribution is 2.49. The molecule has 2 N–H and O–H groups in total. The first-order valence-corrected chi connectivity index (χ1v) is 9.50. The topological polar surface area (TPSA) is 59.2 Å². The third kappa shape index (κ3) is 2.64. The number of rotatable bonds is 3. The highest BCUT2D eigenvalue weighted by Gasteiger charge is 2.53. The maximum Gasteiger partial charge on any atom is 0.274 e. The Kier molecular flexibility index (Phi) is 4.07. The number of aryl methyl sites for hydroxylation is 1. The van der Waals surface area contributed by atoms with Crippen LogP contribution in [0.5, 0.6) is 0 Å². The first kappa shape index (κ1) is 16.3. The van der Waals surface area contributed by atoms with Crippen LogP contribution >= 0.6 is 34.5 Å². The standard InChI is InChI=1S/C17H17Cl2N3OS/c1-8-21-15(16(24-8)9-2-3-12(18)13(19)5-9)17(23)22-7-10-4-11(10)14(22)6-20/h2-3,5,10-11,14H,4,6-7,20H2,1H3/t10-,11-,14+/m0/s1. The number of amides is 1. The van der Waals surface area contributed by atoms with Crippen LogP contribution in [-0.4, -0.2) is 34.9 Å². The Hall–Kier alpha value is -1.14.